The van der Waals surface area contributed by atoms with Crippen molar-refractivity contribution in [2.45, 2.75) is 20.0 Å². The third-order valence-electron chi connectivity index (χ3n) is 3.20. The SMILES string of the molecule is CCNC(=NCc1cnn(C)c1)N(C)Cc1ccc(F)cc1. The molecular formula is C16H22FN5. The second-order valence-electron chi connectivity index (χ2n) is 5.17. The van der Waals surface area contributed by atoms with E-state index in [-0.39, 0.29) is 5.82 Å². The molecule has 0 spiro atoms. The molecular weight excluding hydrogens is 281 g/mol. The zero-order valence-corrected chi connectivity index (χ0v) is 13.3. The third kappa shape index (κ3) is 4.58. The highest BCUT2D eigenvalue weighted by Crippen LogP contribution is 2.06. The first-order valence-corrected chi connectivity index (χ1v) is 7.30. The lowest BCUT2D eigenvalue weighted by molar-refractivity contribution is 0.476. The largest absolute Gasteiger partial charge is 0.357 e. The molecule has 6 heteroatoms. The summed E-state index contributed by atoms with van der Waals surface area (Å²) in [5.74, 6) is 0.597. The molecule has 22 heavy (non-hydrogen) atoms. The van der Waals surface area contributed by atoms with Gasteiger partial charge in [0, 0.05) is 38.9 Å². The standard InChI is InChI=1S/C16H22FN5/c1-4-18-16(19-9-14-10-20-22(3)12-14)21(2)11-13-5-7-15(17)8-6-13/h5-8,10,12H,4,9,11H2,1-3H3,(H,18,19). The van der Waals surface area contributed by atoms with Crippen LogP contribution in [0.3, 0.4) is 0 Å². The van der Waals surface area contributed by atoms with Crippen LogP contribution in [0.5, 0.6) is 0 Å². The van der Waals surface area contributed by atoms with Crippen LogP contribution in [-0.2, 0) is 20.1 Å². The minimum absolute atomic E-state index is 0.219. The fourth-order valence-corrected chi connectivity index (χ4v) is 2.13. The maximum Gasteiger partial charge on any atom is 0.194 e. The highest BCUT2D eigenvalue weighted by Gasteiger charge is 2.07. The number of aryl methyl sites for hydroxylation is 1. The topological polar surface area (TPSA) is 45.5 Å². The van der Waals surface area contributed by atoms with Gasteiger partial charge in [-0.2, -0.15) is 5.10 Å². The van der Waals surface area contributed by atoms with Gasteiger partial charge in [-0.05, 0) is 24.6 Å². The molecule has 1 N–H and O–H groups in total. The summed E-state index contributed by atoms with van der Waals surface area (Å²) in [6.45, 7) is 4.06. The Bertz CT molecular complexity index is 618. The minimum Gasteiger partial charge on any atom is -0.357 e. The van der Waals surface area contributed by atoms with Crippen molar-refractivity contribution in [3.05, 3.63) is 53.6 Å². The number of hydrogen-bond donors (Lipinski definition) is 1. The molecule has 0 atom stereocenters. The summed E-state index contributed by atoms with van der Waals surface area (Å²) in [5.41, 5.74) is 2.10. The molecule has 118 valence electrons. The molecule has 1 aromatic carbocycles. The van der Waals surface area contributed by atoms with Gasteiger partial charge < -0.3 is 10.2 Å². The van der Waals surface area contributed by atoms with Crippen molar-refractivity contribution in [3.8, 4) is 0 Å². The second kappa shape index (κ2) is 7.59. The van der Waals surface area contributed by atoms with Gasteiger partial charge in [0.15, 0.2) is 5.96 Å². The van der Waals surface area contributed by atoms with Gasteiger partial charge in [0.1, 0.15) is 5.82 Å². The highest BCUT2D eigenvalue weighted by molar-refractivity contribution is 5.79. The summed E-state index contributed by atoms with van der Waals surface area (Å²) in [6.07, 6.45) is 3.76. The summed E-state index contributed by atoms with van der Waals surface area (Å²) < 4.78 is 14.7. The van der Waals surface area contributed by atoms with Crippen LogP contribution >= 0.6 is 0 Å². The van der Waals surface area contributed by atoms with Crippen molar-refractivity contribution in [1.29, 1.82) is 0 Å². The number of aliphatic imine (C=N–C) groups is 1. The molecule has 0 radical (unpaired) electrons. The average molecular weight is 303 g/mol. The molecule has 2 rings (SSSR count). The van der Waals surface area contributed by atoms with E-state index in [1.165, 1.54) is 12.1 Å². The van der Waals surface area contributed by atoms with Gasteiger partial charge in [-0.3, -0.25) is 4.68 Å². The Kier molecular flexibility index (Phi) is 5.52. The van der Waals surface area contributed by atoms with Crippen molar-refractivity contribution in [2.24, 2.45) is 12.0 Å². The third-order valence-corrected chi connectivity index (χ3v) is 3.20. The zero-order chi connectivity index (χ0) is 15.9. The normalized spacial score (nSPS) is 11.5. The van der Waals surface area contributed by atoms with Crippen molar-refractivity contribution in [2.75, 3.05) is 13.6 Å². The molecule has 1 aromatic heterocycles. The van der Waals surface area contributed by atoms with Gasteiger partial charge >= 0.3 is 0 Å². The van der Waals surface area contributed by atoms with E-state index < -0.39 is 0 Å². The van der Waals surface area contributed by atoms with E-state index in [4.69, 9.17) is 0 Å². The van der Waals surface area contributed by atoms with Gasteiger partial charge in [-0.25, -0.2) is 9.38 Å². The quantitative estimate of drug-likeness (QED) is 0.680. The number of nitrogens with one attached hydrogen (secondary N) is 1. The van der Waals surface area contributed by atoms with Gasteiger partial charge in [0.05, 0.1) is 12.7 Å². The molecule has 0 aliphatic carbocycles. The first kappa shape index (κ1) is 16.0. The van der Waals surface area contributed by atoms with Crippen LogP contribution < -0.4 is 5.32 Å². The molecule has 0 saturated carbocycles. The summed E-state index contributed by atoms with van der Waals surface area (Å²) in [7, 11) is 3.85. The van der Waals surface area contributed by atoms with Crippen molar-refractivity contribution in [1.82, 2.24) is 20.0 Å². The van der Waals surface area contributed by atoms with E-state index in [0.717, 1.165) is 23.6 Å². The number of guanidine groups is 1. The van der Waals surface area contributed by atoms with Crippen LogP contribution in [0.1, 0.15) is 18.1 Å². The van der Waals surface area contributed by atoms with E-state index in [0.29, 0.717) is 13.1 Å². The van der Waals surface area contributed by atoms with Crippen LogP contribution in [0.4, 0.5) is 4.39 Å². The van der Waals surface area contributed by atoms with Crippen LogP contribution in [0.15, 0.2) is 41.7 Å². The number of rotatable bonds is 5. The zero-order valence-electron chi connectivity index (χ0n) is 13.3. The smallest absolute Gasteiger partial charge is 0.194 e. The summed E-state index contributed by atoms with van der Waals surface area (Å²) >= 11 is 0. The number of halogens is 1. The van der Waals surface area contributed by atoms with Crippen molar-refractivity contribution in [3.63, 3.8) is 0 Å². The average Bonchev–Trinajstić information content (AvgIpc) is 2.91. The Morgan fingerprint density at radius 3 is 2.64 bits per heavy atom. The van der Waals surface area contributed by atoms with Gasteiger partial charge in [-0.15, -0.1) is 0 Å². The molecule has 0 unspecified atom stereocenters. The number of benzene rings is 1. The lowest BCUT2D eigenvalue weighted by Crippen LogP contribution is -2.38. The number of nitrogens with zero attached hydrogens (tertiary/aromatic N) is 4. The van der Waals surface area contributed by atoms with E-state index in [9.17, 15) is 4.39 Å². The predicted octanol–water partition coefficient (Wildman–Crippen LogP) is 2.16. The first-order valence-electron chi connectivity index (χ1n) is 7.30. The molecule has 5 nitrogen and oxygen atoms in total. The fraction of sp³-hybridized carbons (Fsp3) is 0.375. The van der Waals surface area contributed by atoms with E-state index >= 15 is 0 Å². The Morgan fingerprint density at radius 1 is 1.32 bits per heavy atom. The maximum absolute atomic E-state index is 13.0. The van der Waals surface area contributed by atoms with E-state index in [1.54, 1.807) is 16.8 Å². The Hall–Kier alpha value is -2.37. The molecule has 2 aromatic rings. The molecule has 0 aliphatic heterocycles. The number of hydrogen-bond acceptors (Lipinski definition) is 2. The molecule has 0 fully saturated rings. The van der Waals surface area contributed by atoms with Crippen LogP contribution in [0.25, 0.3) is 0 Å². The lowest BCUT2D eigenvalue weighted by atomic mass is 10.2. The highest BCUT2D eigenvalue weighted by atomic mass is 19.1. The van der Waals surface area contributed by atoms with Crippen LogP contribution in [0, 0.1) is 5.82 Å². The van der Waals surface area contributed by atoms with Gasteiger partial charge in [0.25, 0.3) is 0 Å². The van der Waals surface area contributed by atoms with E-state index in [1.807, 2.05) is 38.3 Å². The second-order valence-corrected chi connectivity index (χ2v) is 5.17. The molecule has 0 amide bonds. The van der Waals surface area contributed by atoms with Crippen molar-refractivity contribution < 1.29 is 4.39 Å². The number of aromatic nitrogens is 2. The predicted molar refractivity (Wildman–Crippen MR) is 85.9 cm³/mol. The summed E-state index contributed by atoms with van der Waals surface area (Å²) in [6, 6.07) is 6.53. The monoisotopic (exact) mass is 303 g/mol. The molecule has 1 heterocycles. The van der Waals surface area contributed by atoms with Gasteiger partial charge in [0.2, 0.25) is 0 Å². The maximum atomic E-state index is 13.0. The molecule has 0 aliphatic rings. The first-order chi connectivity index (χ1) is 10.6. The summed E-state index contributed by atoms with van der Waals surface area (Å²) in [4.78, 5) is 6.64. The van der Waals surface area contributed by atoms with Crippen molar-refractivity contribution >= 4 is 5.96 Å². The summed E-state index contributed by atoms with van der Waals surface area (Å²) in [5, 5.41) is 7.40. The van der Waals surface area contributed by atoms with Gasteiger partial charge in [-0.1, -0.05) is 12.1 Å². The Labute approximate surface area is 130 Å². The Balaban J connectivity index is 2.03. The van der Waals surface area contributed by atoms with Crippen LogP contribution in [0.2, 0.25) is 0 Å². The minimum atomic E-state index is -0.219. The van der Waals surface area contributed by atoms with E-state index in [2.05, 4.69) is 15.4 Å². The fourth-order valence-electron chi connectivity index (χ4n) is 2.13. The molecule has 0 bridgehead atoms. The molecule has 0 saturated heterocycles. The van der Waals surface area contributed by atoms with Crippen LogP contribution in [-0.4, -0.2) is 34.2 Å². The lowest BCUT2D eigenvalue weighted by Gasteiger charge is -2.22. The Morgan fingerprint density at radius 2 is 2.05 bits per heavy atom.